The van der Waals surface area contributed by atoms with Crippen LogP contribution in [-0.2, 0) is 27.8 Å². The summed E-state index contributed by atoms with van der Waals surface area (Å²) >= 11 is 6.13. The van der Waals surface area contributed by atoms with Crippen molar-refractivity contribution in [1.29, 1.82) is 0 Å². The van der Waals surface area contributed by atoms with Crippen LogP contribution in [0.25, 0.3) is 0 Å². The molecule has 2 aromatic rings. The number of hydrogen-bond acceptors (Lipinski definition) is 5. The third-order valence-electron chi connectivity index (χ3n) is 5.83. The van der Waals surface area contributed by atoms with Gasteiger partial charge in [-0.25, -0.2) is 8.42 Å². The molecule has 1 aliphatic rings. The van der Waals surface area contributed by atoms with Crippen LogP contribution in [0.5, 0.6) is 0 Å². The summed E-state index contributed by atoms with van der Waals surface area (Å²) in [6.45, 7) is 1.27. The highest BCUT2D eigenvalue weighted by Gasteiger charge is 2.25. The lowest BCUT2D eigenvalue weighted by Crippen LogP contribution is -2.31. The fourth-order valence-corrected chi connectivity index (χ4v) is 5.54. The minimum atomic E-state index is -3.50. The molecule has 0 aromatic heterocycles. The Morgan fingerprint density at radius 3 is 2.33 bits per heavy atom. The summed E-state index contributed by atoms with van der Waals surface area (Å²) in [4.78, 5) is 24.8. The van der Waals surface area contributed by atoms with E-state index in [0.29, 0.717) is 30.1 Å². The van der Waals surface area contributed by atoms with Crippen molar-refractivity contribution in [3.8, 4) is 0 Å². The van der Waals surface area contributed by atoms with Gasteiger partial charge >= 0.3 is 0 Å². The lowest BCUT2D eigenvalue weighted by Gasteiger charge is -2.20. The van der Waals surface area contributed by atoms with E-state index in [-0.39, 0.29) is 29.5 Å². The number of nitro benzene ring substituents is 1. The topological polar surface area (TPSA) is 101 Å². The molecule has 178 valence electrons. The number of benzene rings is 2. The van der Waals surface area contributed by atoms with Crippen molar-refractivity contribution in [3.05, 3.63) is 68.7 Å². The van der Waals surface area contributed by atoms with Crippen LogP contribution in [0, 0.1) is 10.1 Å². The van der Waals surface area contributed by atoms with Crippen molar-refractivity contribution in [1.82, 2.24) is 9.21 Å². The van der Waals surface area contributed by atoms with Gasteiger partial charge in [0.1, 0.15) is 0 Å². The Labute approximate surface area is 199 Å². The summed E-state index contributed by atoms with van der Waals surface area (Å²) in [7, 11) is -1.88. The lowest BCUT2D eigenvalue weighted by atomic mass is 10.1. The molecule has 0 aliphatic carbocycles. The molecule has 0 spiro atoms. The standard InChI is InChI=1S/C23H28ClN3O5S/c1-25(17-19-16-20(27(29)30)9-12-22(19)24)23(28)13-8-18-6-10-21(11-7-18)33(31,32)26-14-4-2-3-5-15-26/h6-7,9-12,16H,2-5,8,13-15,17H2,1H3. The molecule has 33 heavy (non-hydrogen) atoms. The highest BCUT2D eigenvalue weighted by atomic mass is 35.5. The molecule has 2 aromatic carbocycles. The molecule has 10 heteroatoms. The van der Waals surface area contributed by atoms with Crippen LogP contribution >= 0.6 is 11.6 Å². The summed E-state index contributed by atoms with van der Waals surface area (Å²) in [6, 6.07) is 10.8. The molecule has 0 saturated carbocycles. The monoisotopic (exact) mass is 493 g/mol. The molecule has 0 unspecified atom stereocenters. The largest absolute Gasteiger partial charge is 0.341 e. The normalized spacial score (nSPS) is 15.1. The summed E-state index contributed by atoms with van der Waals surface area (Å²) in [6.07, 6.45) is 4.56. The molecule has 0 radical (unpaired) electrons. The number of amides is 1. The van der Waals surface area contributed by atoms with Crippen LogP contribution in [0.15, 0.2) is 47.4 Å². The fourth-order valence-electron chi connectivity index (χ4n) is 3.84. The number of carbonyl (C=O) groups excluding carboxylic acids is 1. The number of hydrogen-bond donors (Lipinski definition) is 0. The van der Waals surface area contributed by atoms with Crippen molar-refractivity contribution >= 4 is 33.2 Å². The van der Waals surface area contributed by atoms with Gasteiger partial charge in [0, 0.05) is 50.3 Å². The van der Waals surface area contributed by atoms with Gasteiger partial charge in [-0.1, -0.05) is 36.6 Å². The second-order valence-corrected chi connectivity index (χ2v) is 10.6. The van der Waals surface area contributed by atoms with Crippen LogP contribution in [0.4, 0.5) is 5.69 Å². The summed E-state index contributed by atoms with van der Waals surface area (Å²) in [5.74, 6) is -0.140. The van der Waals surface area contributed by atoms with Gasteiger partial charge in [0.2, 0.25) is 15.9 Å². The Kier molecular flexibility index (Phi) is 8.45. The highest BCUT2D eigenvalue weighted by molar-refractivity contribution is 7.89. The van der Waals surface area contributed by atoms with Crippen molar-refractivity contribution in [2.75, 3.05) is 20.1 Å². The lowest BCUT2D eigenvalue weighted by molar-refractivity contribution is -0.384. The number of sulfonamides is 1. The molecular formula is C23H28ClN3O5S. The van der Waals surface area contributed by atoms with Crippen LogP contribution in [0.1, 0.15) is 43.2 Å². The van der Waals surface area contributed by atoms with Gasteiger partial charge in [-0.2, -0.15) is 4.31 Å². The first-order chi connectivity index (χ1) is 15.7. The first-order valence-electron chi connectivity index (χ1n) is 10.9. The van der Waals surface area contributed by atoms with Gasteiger partial charge in [0.05, 0.1) is 9.82 Å². The molecule has 1 aliphatic heterocycles. The van der Waals surface area contributed by atoms with E-state index in [0.717, 1.165) is 31.2 Å². The third-order valence-corrected chi connectivity index (χ3v) is 8.11. The van der Waals surface area contributed by atoms with E-state index in [1.165, 1.54) is 23.1 Å². The molecule has 0 atom stereocenters. The van der Waals surface area contributed by atoms with Crippen molar-refractivity contribution in [3.63, 3.8) is 0 Å². The minimum absolute atomic E-state index is 0.0783. The number of non-ortho nitro benzene ring substituents is 1. The first-order valence-corrected chi connectivity index (χ1v) is 12.8. The molecule has 0 bridgehead atoms. The van der Waals surface area contributed by atoms with Crippen molar-refractivity contribution in [2.45, 2.75) is 50.0 Å². The average molecular weight is 494 g/mol. The van der Waals surface area contributed by atoms with E-state index in [1.807, 2.05) is 0 Å². The smallest absolute Gasteiger partial charge is 0.269 e. The highest BCUT2D eigenvalue weighted by Crippen LogP contribution is 2.24. The first kappa shape index (κ1) is 25.1. The second kappa shape index (κ2) is 11.1. The van der Waals surface area contributed by atoms with Gasteiger partial charge in [-0.3, -0.25) is 14.9 Å². The Morgan fingerprint density at radius 1 is 1.09 bits per heavy atom. The van der Waals surface area contributed by atoms with E-state index in [9.17, 15) is 23.3 Å². The predicted molar refractivity (Wildman–Crippen MR) is 127 cm³/mol. The Bertz CT molecular complexity index is 1100. The maximum Gasteiger partial charge on any atom is 0.269 e. The molecule has 0 N–H and O–H groups in total. The summed E-state index contributed by atoms with van der Waals surface area (Å²) in [5.41, 5.74) is 1.29. The van der Waals surface area contributed by atoms with Crippen LogP contribution in [0.2, 0.25) is 5.02 Å². The van der Waals surface area contributed by atoms with Gasteiger partial charge in [0.15, 0.2) is 0 Å². The number of nitro groups is 1. The Morgan fingerprint density at radius 2 is 1.73 bits per heavy atom. The summed E-state index contributed by atoms with van der Waals surface area (Å²) in [5, 5.41) is 11.3. The number of rotatable bonds is 8. The van der Waals surface area contributed by atoms with Crippen molar-refractivity contribution < 1.29 is 18.1 Å². The van der Waals surface area contributed by atoms with Crippen LogP contribution in [0.3, 0.4) is 0 Å². The van der Waals surface area contributed by atoms with Crippen molar-refractivity contribution in [2.24, 2.45) is 0 Å². The van der Waals surface area contributed by atoms with Gasteiger partial charge < -0.3 is 4.90 Å². The quantitative estimate of drug-likeness (QED) is 0.400. The van der Waals surface area contributed by atoms with E-state index in [4.69, 9.17) is 11.6 Å². The second-order valence-electron chi connectivity index (χ2n) is 8.24. The SMILES string of the molecule is CN(Cc1cc([N+](=O)[O-])ccc1Cl)C(=O)CCc1ccc(S(=O)(=O)N2CCCCCC2)cc1. The van der Waals surface area contributed by atoms with E-state index >= 15 is 0 Å². The fraction of sp³-hybridized carbons (Fsp3) is 0.435. The molecule has 1 amide bonds. The van der Waals surface area contributed by atoms with Gasteiger partial charge in [-0.05, 0) is 48.6 Å². The van der Waals surface area contributed by atoms with Crippen LogP contribution < -0.4 is 0 Å². The Balaban J connectivity index is 1.58. The number of nitrogens with zero attached hydrogens (tertiary/aromatic N) is 3. The Hall–Kier alpha value is -2.49. The number of aryl methyl sites for hydroxylation is 1. The van der Waals surface area contributed by atoms with Gasteiger partial charge in [-0.15, -0.1) is 0 Å². The van der Waals surface area contributed by atoms with E-state index < -0.39 is 14.9 Å². The molecule has 1 fully saturated rings. The third kappa shape index (κ3) is 6.52. The zero-order valence-electron chi connectivity index (χ0n) is 18.6. The molecular weight excluding hydrogens is 466 g/mol. The summed E-state index contributed by atoms with van der Waals surface area (Å²) < 4.78 is 27.3. The van der Waals surface area contributed by atoms with Crippen LogP contribution in [-0.4, -0.2) is 48.6 Å². The van der Waals surface area contributed by atoms with Gasteiger partial charge in [0.25, 0.3) is 5.69 Å². The molecule has 8 nitrogen and oxygen atoms in total. The number of halogens is 1. The number of carbonyl (C=O) groups is 1. The maximum absolute atomic E-state index is 12.9. The van der Waals surface area contributed by atoms with E-state index in [1.54, 1.807) is 35.6 Å². The minimum Gasteiger partial charge on any atom is -0.341 e. The molecule has 1 heterocycles. The average Bonchev–Trinajstić information content (AvgIpc) is 3.09. The zero-order chi connectivity index (χ0) is 24.0. The molecule has 1 saturated heterocycles. The predicted octanol–water partition coefficient (Wildman–Crippen LogP) is 4.40. The van der Waals surface area contributed by atoms with E-state index in [2.05, 4.69) is 0 Å². The zero-order valence-corrected chi connectivity index (χ0v) is 20.1. The molecule has 3 rings (SSSR count). The maximum atomic E-state index is 12.9.